The minimum absolute atomic E-state index is 0.109. The molecule has 8 heteroatoms. The number of fused-ring (bicyclic) bond motifs is 1. The van der Waals surface area contributed by atoms with Gasteiger partial charge >= 0.3 is 5.97 Å². The summed E-state index contributed by atoms with van der Waals surface area (Å²) in [6.45, 7) is 1.62. The lowest BCUT2D eigenvalue weighted by atomic mass is 10.1. The average molecular weight is 390 g/mol. The van der Waals surface area contributed by atoms with Gasteiger partial charge in [-0.2, -0.15) is 0 Å². The van der Waals surface area contributed by atoms with Crippen molar-refractivity contribution in [3.05, 3.63) is 54.6 Å². The molecule has 27 heavy (non-hydrogen) atoms. The summed E-state index contributed by atoms with van der Waals surface area (Å²) in [6, 6.07) is 11.1. The molecule has 0 aliphatic heterocycles. The number of hydrogen-bond donors (Lipinski definition) is 3. The molecule has 144 valence electrons. The number of allylic oxidation sites excluding steroid dienone is 1. The van der Waals surface area contributed by atoms with Crippen LogP contribution in [0.2, 0.25) is 0 Å². The van der Waals surface area contributed by atoms with E-state index in [9.17, 15) is 18.0 Å². The molecule has 1 unspecified atom stereocenters. The van der Waals surface area contributed by atoms with Crippen LogP contribution in [0.4, 0.5) is 0 Å². The van der Waals surface area contributed by atoms with E-state index in [2.05, 4.69) is 10.0 Å². The van der Waals surface area contributed by atoms with Crippen LogP contribution in [0.25, 0.3) is 10.8 Å². The Labute approximate surface area is 158 Å². The molecule has 2 aromatic rings. The van der Waals surface area contributed by atoms with Crippen LogP contribution in [0.15, 0.2) is 59.5 Å². The number of amides is 1. The molecule has 0 aromatic heterocycles. The number of sulfonamides is 1. The van der Waals surface area contributed by atoms with E-state index in [-0.39, 0.29) is 24.3 Å². The summed E-state index contributed by atoms with van der Waals surface area (Å²) in [7, 11) is -3.76. The average Bonchev–Trinajstić information content (AvgIpc) is 2.64. The summed E-state index contributed by atoms with van der Waals surface area (Å²) >= 11 is 0. The Morgan fingerprint density at radius 2 is 1.85 bits per heavy atom. The Balaban J connectivity index is 1.94. The zero-order valence-corrected chi connectivity index (χ0v) is 15.7. The summed E-state index contributed by atoms with van der Waals surface area (Å²) in [5, 5.41) is 13.2. The fourth-order valence-corrected chi connectivity index (χ4v) is 3.54. The maximum atomic E-state index is 12.4. The van der Waals surface area contributed by atoms with E-state index in [1.807, 2.05) is 24.3 Å². The lowest BCUT2D eigenvalue weighted by molar-refractivity contribution is -0.141. The SMILES string of the molecule is C/C=C/CC(NC(=O)CCNS(=O)(=O)c1ccc2ccccc2c1)C(=O)O. The molecule has 2 rings (SSSR count). The van der Waals surface area contributed by atoms with Gasteiger partial charge in [-0.25, -0.2) is 17.9 Å². The van der Waals surface area contributed by atoms with E-state index in [4.69, 9.17) is 5.11 Å². The molecule has 0 radical (unpaired) electrons. The Hall–Kier alpha value is -2.71. The third kappa shape index (κ3) is 5.90. The highest BCUT2D eigenvalue weighted by molar-refractivity contribution is 7.89. The molecule has 0 saturated carbocycles. The van der Waals surface area contributed by atoms with Crippen molar-refractivity contribution in [2.75, 3.05) is 6.54 Å². The van der Waals surface area contributed by atoms with Crippen molar-refractivity contribution in [2.24, 2.45) is 0 Å². The van der Waals surface area contributed by atoms with Crippen molar-refractivity contribution in [2.45, 2.75) is 30.7 Å². The number of carbonyl (C=O) groups excluding carboxylic acids is 1. The summed E-state index contributed by atoms with van der Waals surface area (Å²) in [5.41, 5.74) is 0. The maximum Gasteiger partial charge on any atom is 0.326 e. The lowest BCUT2D eigenvalue weighted by Crippen LogP contribution is -2.41. The normalized spacial score (nSPS) is 12.9. The topological polar surface area (TPSA) is 113 Å². The van der Waals surface area contributed by atoms with Gasteiger partial charge in [-0.05, 0) is 36.2 Å². The van der Waals surface area contributed by atoms with Gasteiger partial charge in [0.15, 0.2) is 0 Å². The first-order valence-electron chi connectivity index (χ1n) is 8.45. The molecule has 0 aliphatic rings. The highest BCUT2D eigenvalue weighted by atomic mass is 32.2. The van der Waals surface area contributed by atoms with E-state index in [0.717, 1.165) is 10.8 Å². The summed E-state index contributed by atoms with van der Waals surface area (Å²) in [6.07, 6.45) is 3.34. The zero-order chi connectivity index (χ0) is 19.9. The largest absolute Gasteiger partial charge is 0.480 e. The maximum absolute atomic E-state index is 12.4. The van der Waals surface area contributed by atoms with Gasteiger partial charge in [-0.15, -0.1) is 0 Å². The molecule has 3 N–H and O–H groups in total. The molecule has 1 amide bonds. The van der Waals surface area contributed by atoms with Crippen LogP contribution in [-0.2, 0) is 19.6 Å². The molecule has 0 fully saturated rings. The van der Waals surface area contributed by atoms with Crippen LogP contribution in [-0.4, -0.2) is 38.0 Å². The lowest BCUT2D eigenvalue weighted by Gasteiger charge is -2.13. The number of carboxylic acids is 1. The zero-order valence-electron chi connectivity index (χ0n) is 14.9. The number of benzene rings is 2. The van der Waals surface area contributed by atoms with Gasteiger partial charge in [0.05, 0.1) is 4.90 Å². The molecule has 2 aromatic carbocycles. The quantitative estimate of drug-likeness (QED) is 0.567. The van der Waals surface area contributed by atoms with Gasteiger partial charge in [-0.1, -0.05) is 42.5 Å². The minimum atomic E-state index is -3.76. The van der Waals surface area contributed by atoms with Crippen molar-refractivity contribution in [1.82, 2.24) is 10.0 Å². The first kappa shape index (κ1) is 20.6. The van der Waals surface area contributed by atoms with Crippen LogP contribution >= 0.6 is 0 Å². The molecule has 1 atom stereocenters. The summed E-state index contributed by atoms with van der Waals surface area (Å²) in [5.74, 6) is -1.67. The van der Waals surface area contributed by atoms with Gasteiger partial charge in [0.25, 0.3) is 0 Å². The Bertz CT molecular complexity index is 953. The van der Waals surface area contributed by atoms with Gasteiger partial charge in [0, 0.05) is 13.0 Å². The van der Waals surface area contributed by atoms with Crippen LogP contribution < -0.4 is 10.0 Å². The highest BCUT2D eigenvalue weighted by Gasteiger charge is 2.19. The smallest absolute Gasteiger partial charge is 0.326 e. The van der Waals surface area contributed by atoms with Crippen molar-refractivity contribution in [3.63, 3.8) is 0 Å². The monoisotopic (exact) mass is 390 g/mol. The minimum Gasteiger partial charge on any atom is -0.480 e. The van der Waals surface area contributed by atoms with Crippen molar-refractivity contribution < 1.29 is 23.1 Å². The predicted molar refractivity (Wildman–Crippen MR) is 103 cm³/mol. The van der Waals surface area contributed by atoms with E-state index in [1.54, 1.807) is 31.2 Å². The third-order valence-electron chi connectivity index (χ3n) is 3.92. The van der Waals surface area contributed by atoms with E-state index in [1.165, 1.54) is 6.07 Å². The Kier molecular flexibility index (Phi) is 7.09. The molecular weight excluding hydrogens is 368 g/mol. The van der Waals surface area contributed by atoms with Gasteiger partial charge in [-0.3, -0.25) is 4.79 Å². The first-order chi connectivity index (χ1) is 12.8. The number of nitrogens with one attached hydrogen (secondary N) is 2. The van der Waals surface area contributed by atoms with E-state index in [0.29, 0.717) is 0 Å². The van der Waals surface area contributed by atoms with Gasteiger partial charge in [0.2, 0.25) is 15.9 Å². The number of carbonyl (C=O) groups is 2. The molecule has 0 heterocycles. The van der Waals surface area contributed by atoms with E-state index >= 15 is 0 Å². The van der Waals surface area contributed by atoms with E-state index < -0.39 is 27.9 Å². The fourth-order valence-electron chi connectivity index (χ4n) is 2.48. The standard InChI is InChI=1S/C19H22N2O5S/c1-2-3-8-17(19(23)24)21-18(22)11-12-20-27(25,26)16-10-9-14-6-4-5-7-15(14)13-16/h2-7,9-10,13,17,20H,8,11-12H2,1H3,(H,21,22)(H,23,24)/b3-2+. The Morgan fingerprint density at radius 3 is 2.52 bits per heavy atom. The third-order valence-corrected chi connectivity index (χ3v) is 5.37. The van der Waals surface area contributed by atoms with Crippen molar-refractivity contribution in [1.29, 1.82) is 0 Å². The predicted octanol–water partition coefficient (Wildman–Crippen LogP) is 2.04. The molecule has 0 spiro atoms. The molecule has 0 bridgehead atoms. The summed E-state index contributed by atoms with van der Waals surface area (Å²) in [4.78, 5) is 23.1. The van der Waals surface area contributed by atoms with Crippen LogP contribution in [0.5, 0.6) is 0 Å². The second kappa shape index (κ2) is 9.29. The Morgan fingerprint density at radius 1 is 1.15 bits per heavy atom. The number of carboxylic acid groups (broad SMARTS) is 1. The van der Waals surface area contributed by atoms with Crippen LogP contribution in [0, 0.1) is 0 Å². The van der Waals surface area contributed by atoms with Gasteiger partial charge in [0.1, 0.15) is 6.04 Å². The number of rotatable bonds is 9. The molecular formula is C19H22N2O5S. The van der Waals surface area contributed by atoms with Crippen LogP contribution in [0.1, 0.15) is 19.8 Å². The molecule has 7 nitrogen and oxygen atoms in total. The van der Waals surface area contributed by atoms with Gasteiger partial charge < -0.3 is 10.4 Å². The first-order valence-corrected chi connectivity index (χ1v) is 9.93. The van der Waals surface area contributed by atoms with Crippen LogP contribution in [0.3, 0.4) is 0 Å². The van der Waals surface area contributed by atoms with Crippen molar-refractivity contribution >= 4 is 32.7 Å². The molecule has 0 aliphatic carbocycles. The van der Waals surface area contributed by atoms with Crippen molar-refractivity contribution in [3.8, 4) is 0 Å². The molecule has 0 saturated heterocycles. The summed E-state index contributed by atoms with van der Waals surface area (Å²) < 4.78 is 27.1. The fraction of sp³-hybridized carbons (Fsp3) is 0.263. The second-order valence-electron chi connectivity index (χ2n) is 5.92. The second-order valence-corrected chi connectivity index (χ2v) is 7.69. The number of aliphatic carboxylic acids is 1. The highest BCUT2D eigenvalue weighted by Crippen LogP contribution is 2.18. The number of hydrogen-bond acceptors (Lipinski definition) is 4.